The van der Waals surface area contributed by atoms with Gasteiger partial charge in [0.25, 0.3) is 11.8 Å². The summed E-state index contributed by atoms with van der Waals surface area (Å²) in [6.45, 7) is 0. The number of aromatic nitrogens is 2. The number of hydrogen-bond acceptors (Lipinski definition) is 5. The molecule has 1 aliphatic rings. The van der Waals surface area contributed by atoms with Crippen molar-refractivity contribution in [1.29, 1.82) is 0 Å². The number of aliphatic hydroxyl groups is 1. The highest BCUT2D eigenvalue weighted by Crippen LogP contribution is 2.39. The molecule has 32 heavy (non-hydrogen) atoms. The molecule has 0 saturated carbocycles. The van der Waals surface area contributed by atoms with Gasteiger partial charge in [-0.3, -0.25) is 9.78 Å². The van der Waals surface area contributed by atoms with Crippen LogP contribution in [0.2, 0.25) is 0 Å². The highest BCUT2D eigenvalue weighted by Gasteiger charge is 2.40. The molecule has 2 atom stereocenters. The lowest BCUT2D eigenvalue weighted by Gasteiger charge is -2.31. The zero-order valence-corrected chi connectivity index (χ0v) is 16.2. The van der Waals surface area contributed by atoms with Crippen molar-refractivity contribution in [2.24, 2.45) is 0 Å². The van der Waals surface area contributed by atoms with Gasteiger partial charge < -0.3 is 15.2 Å². The fraction of sp³-hybridized carbons (Fsp3) is 0.136. The lowest BCUT2D eigenvalue weighted by molar-refractivity contribution is -0.138. The molecule has 2 N–H and O–H groups in total. The Morgan fingerprint density at radius 2 is 1.88 bits per heavy atom. The summed E-state index contributed by atoms with van der Waals surface area (Å²) in [5, 5.41) is 12.1. The van der Waals surface area contributed by atoms with Crippen LogP contribution in [0.1, 0.15) is 22.5 Å². The normalized spacial score (nSPS) is 20.0. The molecule has 164 valence electrons. The van der Waals surface area contributed by atoms with Crippen LogP contribution < -0.4 is 5.32 Å². The standard InChI is InChI=1S/C22H15F4N3O3/c23-14-2-1-3-15(24)19(14)20-16(25)4-5-17(28-20)21(31)29-18-11-27-8-6-13(18)22(26)10-12(30)7-9-32-22/h1-9,11-12,30H,10H2,(H,29,31)/t12-,22+/m0/s1. The first-order chi connectivity index (χ1) is 15.3. The third kappa shape index (κ3) is 4.04. The molecule has 1 aliphatic heterocycles. The van der Waals surface area contributed by atoms with E-state index in [4.69, 9.17) is 4.74 Å². The van der Waals surface area contributed by atoms with Gasteiger partial charge in [-0.25, -0.2) is 18.2 Å². The molecule has 3 aromatic rings. The summed E-state index contributed by atoms with van der Waals surface area (Å²) < 4.78 is 62.8. The van der Waals surface area contributed by atoms with Crippen LogP contribution in [0.4, 0.5) is 23.2 Å². The molecule has 1 amide bonds. The fourth-order valence-electron chi connectivity index (χ4n) is 3.27. The van der Waals surface area contributed by atoms with Gasteiger partial charge in [0.1, 0.15) is 28.8 Å². The number of amides is 1. The van der Waals surface area contributed by atoms with Crippen molar-refractivity contribution >= 4 is 11.6 Å². The van der Waals surface area contributed by atoms with E-state index in [1.807, 2.05) is 0 Å². The molecule has 10 heteroatoms. The van der Waals surface area contributed by atoms with Gasteiger partial charge in [-0.05, 0) is 36.4 Å². The molecule has 0 fully saturated rings. The van der Waals surface area contributed by atoms with E-state index in [1.54, 1.807) is 0 Å². The summed E-state index contributed by atoms with van der Waals surface area (Å²) in [5.41, 5.74) is -2.00. The number of carbonyl (C=O) groups excluding carboxylic acids is 1. The number of nitrogens with one attached hydrogen (secondary N) is 1. The van der Waals surface area contributed by atoms with Crippen molar-refractivity contribution in [3.8, 4) is 11.3 Å². The first-order valence-electron chi connectivity index (χ1n) is 9.37. The topological polar surface area (TPSA) is 84.3 Å². The van der Waals surface area contributed by atoms with Crippen LogP contribution >= 0.6 is 0 Å². The van der Waals surface area contributed by atoms with Crippen molar-refractivity contribution in [2.75, 3.05) is 5.32 Å². The Hall–Kier alpha value is -3.79. The summed E-state index contributed by atoms with van der Waals surface area (Å²) >= 11 is 0. The molecule has 1 aromatic carbocycles. The number of nitrogens with zero attached hydrogens (tertiary/aromatic N) is 2. The second-order valence-electron chi connectivity index (χ2n) is 6.95. The SMILES string of the molecule is O=C(Nc1cnccc1[C@@]1(F)C[C@@H](O)C=CO1)c1ccc(F)c(-c2c(F)cccc2F)n1. The van der Waals surface area contributed by atoms with Gasteiger partial charge in [0.05, 0.1) is 41.8 Å². The largest absolute Gasteiger partial charge is 0.461 e. The van der Waals surface area contributed by atoms with E-state index < -0.39 is 53.0 Å². The Morgan fingerprint density at radius 1 is 1.12 bits per heavy atom. The maximum absolute atomic E-state index is 15.3. The highest BCUT2D eigenvalue weighted by molar-refractivity contribution is 6.03. The van der Waals surface area contributed by atoms with Crippen molar-refractivity contribution < 1.29 is 32.2 Å². The van der Waals surface area contributed by atoms with E-state index >= 15 is 4.39 Å². The Labute approximate surface area is 179 Å². The van der Waals surface area contributed by atoms with Gasteiger partial charge in [0.15, 0.2) is 0 Å². The summed E-state index contributed by atoms with van der Waals surface area (Å²) in [6.07, 6.45) is 3.17. The molecule has 4 rings (SSSR count). The third-order valence-corrected chi connectivity index (χ3v) is 4.78. The lowest BCUT2D eigenvalue weighted by Crippen LogP contribution is -2.32. The number of anilines is 1. The first-order valence-corrected chi connectivity index (χ1v) is 9.37. The van der Waals surface area contributed by atoms with Crippen LogP contribution in [-0.2, 0) is 10.6 Å². The highest BCUT2D eigenvalue weighted by atomic mass is 19.2. The molecule has 0 spiro atoms. The van der Waals surface area contributed by atoms with Gasteiger partial charge >= 0.3 is 0 Å². The molecule has 0 bridgehead atoms. The molecule has 2 aromatic heterocycles. The minimum Gasteiger partial charge on any atom is -0.461 e. The van der Waals surface area contributed by atoms with Gasteiger partial charge in [-0.1, -0.05) is 6.07 Å². The van der Waals surface area contributed by atoms with Gasteiger partial charge in [-0.15, -0.1) is 0 Å². The van der Waals surface area contributed by atoms with E-state index in [2.05, 4.69) is 15.3 Å². The zero-order chi connectivity index (χ0) is 22.9. The second-order valence-corrected chi connectivity index (χ2v) is 6.95. The Balaban J connectivity index is 1.68. The van der Waals surface area contributed by atoms with E-state index in [1.165, 1.54) is 18.3 Å². The number of carbonyl (C=O) groups is 1. The van der Waals surface area contributed by atoms with Crippen molar-refractivity contribution in [3.63, 3.8) is 0 Å². The molecule has 0 radical (unpaired) electrons. The van der Waals surface area contributed by atoms with Gasteiger partial charge in [-0.2, -0.15) is 4.39 Å². The predicted octanol–water partition coefficient (Wildman–Crippen LogP) is 4.23. The Morgan fingerprint density at radius 3 is 2.59 bits per heavy atom. The van der Waals surface area contributed by atoms with Crippen molar-refractivity contribution in [3.05, 3.63) is 89.8 Å². The average Bonchev–Trinajstić information content (AvgIpc) is 2.75. The lowest BCUT2D eigenvalue weighted by atomic mass is 9.98. The van der Waals surface area contributed by atoms with Gasteiger partial charge in [0.2, 0.25) is 0 Å². The van der Waals surface area contributed by atoms with Crippen LogP contribution in [0.5, 0.6) is 0 Å². The predicted molar refractivity (Wildman–Crippen MR) is 105 cm³/mol. The summed E-state index contributed by atoms with van der Waals surface area (Å²) in [6, 6.07) is 6.09. The van der Waals surface area contributed by atoms with Crippen LogP contribution in [-0.4, -0.2) is 27.1 Å². The quantitative estimate of drug-likeness (QED) is 0.588. The molecular weight excluding hydrogens is 430 g/mol. The van der Waals surface area contributed by atoms with E-state index in [-0.39, 0.29) is 16.9 Å². The summed E-state index contributed by atoms with van der Waals surface area (Å²) in [7, 11) is 0. The molecule has 0 saturated heterocycles. The summed E-state index contributed by atoms with van der Waals surface area (Å²) in [4.78, 5) is 20.4. The molecular formula is C22H15F4N3O3. The smallest absolute Gasteiger partial charge is 0.278 e. The maximum atomic E-state index is 15.3. The van der Waals surface area contributed by atoms with Crippen LogP contribution in [0, 0.1) is 17.5 Å². The maximum Gasteiger partial charge on any atom is 0.278 e. The van der Waals surface area contributed by atoms with Crippen LogP contribution in [0.3, 0.4) is 0 Å². The van der Waals surface area contributed by atoms with Crippen LogP contribution in [0.15, 0.2) is 61.1 Å². The second kappa shape index (κ2) is 8.39. The number of rotatable bonds is 4. The van der Waals surface area contributed by atoms with Crippen molar-refractivity contribution in [2.45, 2.75) is 18.4 Å². The number of pyridine rings is 2. The number of ether oxygens (including phenoxy) is 1. The zero-order valence-electron chi connectivity index (χ0n) is 16.2. The molecule has 0 aliphatic carbocycles. The van der Waals surface area contributed by atoms with Crippen LogP contribution in [0.25, 0.3) is 11.3 Å². The third-order valence-electron chi connectivity index (χ3n) is 4.78. The minimum atomic E-state index is -2.45. The minimum absolute atomic E-state index is 0.0905. The Kier molecular flexibility index (Phi) is 5.62. The number of halogens is 4. The average molecular weight is 445 g/mol. The molecule has 3 heterocycles. The van der Waals surface area contributed by atoms with Crippen molar-refractivity contribution in [1.82, 2.24) is 9.97 Å². The van der Waals surface area contributed by atoms with E-state index in [9.17, 15) is 23.1 Å². The summed E-state index contributed by atoms with van der Waals surface area (Å²) in [5.74, 6) is -6.50. The fourth-order valence-corrected chi connectivity index (χ4v) is 3.27. The van der Waals surface area contributed by atoms with Gasteiger partial charge in [0, 0.05) is 6.20 Å². The number of aliphatic hydroxyl groups excluding tert-OH is 1. The first kappa shape index (κ1) is 21.4. The number of hydrogen-bond donors (Lipinski definition) is 2. The van der Waals surface area contributed by atoms with E-state index in [0.717, 1.165) is 42.8 Å². The number of alkyl halides is 1. The monoisotopic (exact) mass is 445 g/mol. The Bertz CT molecular complexity index is 1200. The molecule has 6 nitrogen and oxygen atoms in total. The number of benzene rings is 1. The molecule has 0 unspecified atom stereocenters. The van der Waals surface area contributed by atoms with E-state index in [0.29, 0.717) is 0 Å².